The molecule has 0 saturated carbocycles. The van der Waals surface area contributed by atoms with Crippen molar-refractivity contribution in [2.45, 2.75) is 12.3 Å². The SMILES string of the molecule is COCCN(C)c1ccc2nc(C3C=C([N+](=O)[O-])C(N)=CC3)[nH]c2c1. The lowest BCUT2D eigenvalue weighted by atomic mass is 9.97. The molecular weight excluding hydrogens is 322 g/mol. The van der Waals surface area contributed by atoms with Crippen molar-refractivity contribution in [3.63, 3.8) is 0 Å². The minimum absolute atomic E-state index is 0.0586. The molecule has 0 aliphatic heterocycles. The zero-order chi connectivity index (χ0) is 18.0. The summed E-state index contributed by atoms with van der Waals surface area (Å²) in [7, 11) is 3.68. The molecule has 0 amide bonds. The maximum Gasteiger partial charge on any atom is 0.288 e. The quantitative estimate of drug-likeness (QED) is 0.614. The molecule has 3 rings (SSSR count). The average Bonchev–Trinajstić information content (AvgIpc) is 3.02. The number of methoxy groups -OCH3 is 1. The summed E-state index contributed by atoms with van der Waals surface area (Å²) in [5.41, 5.74) is 8.62. The van der Waals surface area contributed by atoms with Crippen LogP contribution in [0.4, 0.5) is 5.69 Å². The summed E-state index contributed by atoms with van der Waals surface area (Å²) in [6.45, 7) is 1.43. The molecule has 0 radical (unpaired) electrons. The Morgan fingerprint density at radius 1 is 1.52 bits per heavy atom. The average molecular weight is 343 g/mol. The molecule has 0 saturated heterocycles. The molecule has 1 aliphatic rings. The van der Waals surface area contributed by atoms with Gasteiger partial charge in [0.2, 0.25) is 0 Å². The van der Waals surface area contributed by atoms with Crippen molar-refractivity contribution in [3.8, 4) is 0 Å². The number of benzene rings is 1. The Balaban J connectivity index is 1.88. The molecule has 1 unspecified atom stereocenters. The monoisotopic (exact) mass is 343 g/mol. The van der Waals surface area contributed by atoms with Crippen LogP contribution in [0.15, 0.2) is 41.7 Å². The molecule has 2 aromatic rings. The van der Waals surface area contributed by atoms with Gasteiger partial charge in [-0.25, -0.2) is 4.98 Å². The summed E-state index contributed by atoms with van der Waals surface area (Å²) in [4.78, 5) is 20.6. The Labute approximate surface area is 145 Å². The molecular formula is C17H21N5O3. The number of nitrogens with two attached hydrogens (primary N) is 1. The number of likely N-dealkylation sites (N-methyl/N-ethyl adjacent to an activating group) is 1. The number of nitro groups is 1. The molecule has 0 spiro atoms. The number of rotatable bonds is 6. The summed E-state index contributed by atoms with van der Waals surface area (Å²) >= 11 is 0. The fraction of sp³-hybridized carbons (Fsp3) is 0.353. The fourth-order valence-corrected chi connectivity index (χ4v) is 2.86. The number of ether oxygens (including phenoxy) is 1. The van der Waals surface area contributed by atoms with Gasteiger partial charge in [0.25, 0.3) is 5.70 Å². The number of imidazole rings is 1. The Kier molecular flexibility index (Phi) is 4.71. The van der Waals surface area contributed by atoms with Crippen LogP contribution in [-0.2, 0) is 4.74 Å². The van der Waals surface area contributed by atoms with Crippen LogP contribution < -0.4 is 10.6 Å². The first-order chi connectivity index (χ1) is 12.0. The van der Waals surface area contributed by atoms with Gasteiger partial charge in [0, 0.05) is 38.4 Å². The minimum Gasteiger partial charge on any atom is -0.393 e. The van der Waals surface area contributed by atoms with Crippen LogP contribution >= 0.6 is 0 Å². The highest BCUT2D eigenvalue weighted by molar-refractivity contribution is 5.79. The summed E-state index contributed by atoms with van der Waals surface area (Å²) < 4.78 is 5.10. The third-order valence-corrected chi connectivity index (χ3v) is 4.35. The van der Waals surface area contributed by atoms with Gasteiger partial charge in [0.05, 0.1) is 22.6 Å². The zero-order valence-electron chi connectivity index (χ0n) is 14.2. The molecule has 132 valence electrons. The summed E-state index contributed by atoms with van der Waals surface area (Å²) in [5, 5.41) is 11.1. The highest BCUT2D eigenvalue weighted by Crippen LogP contribution is 2.30. The van der Waals surface area contributed by atoms with E-state index in [1.807, 2.05) is 25.2 Å². The lowest BCUT2D eigenvalue weighted by Gasteiger charge is -2.18. The van der Waals surface area contributed by atoms with Crippen molar-refractivity contribution in [2.24, 2.45) is 5.73 Å². The van der Waals surface area contributed by atoms with E-state index >= 15 is 0 Å². The van der Waals surface area contributed by atoms with Crippen molar-refractivity contribution in [1.82, 2.24) is 9.97 Å². The minimum atomic E-state index is -0.455. The lowest BCUT2D eigenvalue weighted by molar-refractivity contribution is -0.421. The van der Waals surface area contributed by atoms with Crippen molar-refractivity contribution < 1.29 is 9.66 Å². The largest absolute Gasteiger partial charge is 0.393 e. The summed E-state index contributed by atoms with van der Waals surface area (Å²) in [5.74, 6) is 0.518. The molecule has 8 nitrogen and oxygen atoms in total. The van der Waals surface area contributed by atoms with Crippen LogP contribution in [0.1, 0.15) is 18.2 Å². The number of nitrogens with one attached hydrogen (secondary N) is 1. The van der Waals surface area contributed by atoms with Crippen molar-refractivity contribution in [2.75, 3.05) is 32.2 Å². The van der Waals surface area contributed by atoms with E-state index in [1.165, 1.54) is 0 Å². The molecule has 1 heterocycles. The van der Waals surface area contributed by atoms with Gasteiger partial charge in [-0.05, 0) is 24.6 Å². The summed E-state index contributed by atoms with van der Waals surface area (Å²) in [6, 6.07) is 5.96. The molecule has 1 aromatic heterocycles. The van der Waals surface area contributed by atoms with Gasteiger partial charge in [-0.2, -0.15) is 0 Å². The van der Waals surface area contributed by atoms with Gasteiger partial charge < -0.3 is 20.4 Å². The van der Waals surface area contributed by atoms with Crippen molar-refractivity contribution >= 4 is 16.7 Å². The highest BCUT2D eigenvalue weighted by atomic mass is 16.6. The van der Waals surface area contributed by atoms with E-state index in [2.05, 4.69) is 14.9 Å². The zero-order valence-corrected chi connectivity index (χ0v) is 14.2. The van der Waals surface area contributed by atoms with Crippen molar-refractivity contribution in [3.05, 3.63) is 57.7 Å². The molecule has 1 aliphatic carbocycles. The predicted molar refractivity (Wildman–Crippen MR) is 95.9 cm³/mol. The van der Waals surface area contributed by atoms with Crippen molar-refractivity contribution in [1.29, 1.82) is 0 Å². The molecule has 1 atom stereocenters. The maximum atomic E-state index is 11.1. The van der Waals surface area contributed by atoms with Gasteiger partial charge in [0.15, 0.2) is 0 Å². The number of aromatic amines is 1. The highest BCUT2D eigenvalue weighted by Gasteiger charge is 2.25. The number of allylic oxidation sites excluding steroid dienone is 2. The molecule has 3 N–H and O–H groups in total. The Hall–Kier alpha value is -2.87. The van der Waals surface area contributed by atoms with Gasteiger partial charge in [-0.3, -0.25) is 10.1 Å². The maximum absolute atomic E-state index is 11.1. The second-order valence-corrected chi connectivity index (χ2v) is 6.05. The molecule has 8 heteroatoms. The van der Waals surface area contributed by atoms with E-state index < -0.39 is 4.92 Å². The molecule has 1 aromatic carbocycles. The number of H-pyrrole nitrogens is 1. The van der Waals surface area contributed by atoms with E-state index in [9.17, 15) is 10.1 Å². The third kappa shape index (κ3) is 3.48. The number of hydrogen-bond donors (Lipinski definition) is 2. The van der Waals surface area contributed by atoms with Crippen LogP contribution in [0.2, 0.25) is 0 Å². The van der Waals surface area contributed by atoms with Crippen LogP contribution in [0.5, 0.6) is 0 Å². The Bertz CT molecular complexity index is 855. The van der Waals surface area contributed by atoms with E-state index in [4.69, 9.17) is 10.5 Å². The van der Waals surface area contributed by atoms with E-state index in [-0.39, 0.29) is 17.3 Å². The van der Waals surface area contributed by atoms with E-state index in [1.54, 1.807) is 19.3 Å². The topological polar surface area (TPSA) is 110 Å². The number of fused-ring (bicyclic) bond motifs is 1. The second kappa shape index (κ2) is 6.94. The van der Waals surface area contributed by atoms with Crippen LogP contribution in [0, 0.1) is 10.1 Å². The van der Waals surface area contributed by atoms with Gasteiger partial charge in [-0.1, -0.05) is 6.08 Å². The molecule has 0 bridgehead atoms. The van der Waals surface area contributed by atoms with Gasteiger partial charge >= 0.3 is 0 Å². The van der Waals surface area contributed by atoms with E-state index in [0.29, 0.717) is 18.9 Å². The van der Waals surface area contributed by atoms with Gasteiger partial charge in [0.1, 0.15) is 11.5 Å². The molecule has 25 heavy (non-hydrogen) atoms. The number of anilines is 1. The van der Waals surface area contributed by atoms with Gasteiger partial charge in [-0.15, -0.1) is 0 Å². The lowest BCUT2D eigenvalue weighted by Crippen LogP contribution is -2.21. The standard InChI is InChI=1S/C17H21N5O3/c1-21(7-8-25-2)12-4-6-14-15(10-12)20-17(19-14)11-3-5-13(18)16(9-11)22(23)24/h4-6,9-11H,3,7-8,18H2,1-2H3,(H,19,20). The summed E-state index contributed by atoms with van der Waals surface area (Å²) in [6.07, 6.45) is 3.84. The van der Waals surface area contributed by atoms with Crippen LogP contribution in [0.3, 0.4) is 0 Å². The Morgan fingerprint density at radius 3 is 3.04 bits per heavy atom. The Morgan fingerprint density at radius 2 is 2.32 bits per heavy atom. The number of hydrogen-bond acceptors (Lipinski definition) is 6. The smallest absolute Gasteiger partial charge is 0.288 e. The predicted octanol–water partition coefficient (Wildman–Crippen LogP) is 2.14. The van der Waals surface area contributed by atoms with Crippen LogP contribution in [0.25, 0.3) is 11.0 Å². The van der Waals surface area contributed by atoms with E-state index in [0.717, 1.165) is 23.3 Å². The number of aromatic nitrogens is 2. The molecule has 0 fully saturated rings. The third-order valence-electron chi connectivity index (χ3n) is 4.35. The first-order valence-corrected chi connectivity index (χ1v) is 8.01. The fourth-order valence-electron chi connectivity index (χ4n) is 2.86. The normalized spacial score (nSPS) is 17.3. The number of nitrogens with zero attached hydrogens (tertiary/aromatic N) is 3. The second-order valence-electron chi connectivity index (χ2n) is 6.05. The first-order valence-electron chi connectivity index (χ1n) is 8.01. The van der Waals surface area contributed by atoms with Crippen LogP contribution in [-0.4, -0.2) is 42.2 Å². The first kappa shape index (κ1) is 17.0.